The summed E-state index contributed by atoms with van der Waals surface area (Å²) in [5, 5.41) is 14.5. The third-order valence-electron chi connectivity index (χ3n) is 3.74. The Labute approximate surface area is 125 Å². The number of urea groups is 1. The van der Waals surface area contributed by atoms with E-state index in [2.05, 4.69) is 10.6 Å². The molecule has 1 heterocycles. The van der Waals surface area contributed by atoms with E-state index in [4.69, 9.17) is 0 Å². The summed E-state index contributed by atoms with van der Waals surface area (Å²) in [6.45, 7) is 6.44. The second-order valence-electron chi connectivity index (χ2n) is 6.03. The maximum absolute atomic E-state index is 12.2. The zero-order chi connectivity index (χ0) is 16.0. The van der Waals surface area contributed by atoms with Crippen molar-refractivity contribution in [2.75, 3.05) is 19.6 Å². The van der Waals surface area contributed by atoms with E-state index in [-0.39, 0.29) is 12.5 Å². The zero-order valence-corrected chi connectivity index (χ0v) is 12.9. The highest BCUT2D eigenvalue weighted by molar-refractivity contribution is 5.87. The Hall–Kier alpha value is -1.79. The van der Waals surface area contributed by atoms with Crippen LogP contribution >= 0.6 is 0 Å². The predicted molar refractivity (Wildman–Crippen MR) is 77.8 cm³/mol. The predicted octanol–water partition coefficient (Wildman–Crippen LogP) is 0.797. The number of hydrogen-bond acceptors (Lipinski definition) is 3. The van der Waals surface area contributed by atoms with Crippen LogP contribution < -0.4 is 10.6 Å². The minimum absolute atomic E-state index is 0.137. The van der Waals surface area contributed by atoms with Gasteiger partial charge in [0.05, 0.1) is 6.54 Å². The molecule has 0 aromatic rings. The summed E-state index contributed by atoms with van der Waals surface area (Å²) in [5.41, 5.74) is -0.480. The molecule has 7 nitrogen and oxygen atoms in total. The number of nitrogens with zero attached hydrogens (tertiary/aromatic N) is 1. The summed E-state index contributed by atoms with van der Waals surface area (Å²) in [5.74, 6) is -1.28. The number of aliphatic carboxylic acids is 1. The first kappa shape index (κ1) is 17.3. The fourth-order valence-electron chi connectivity index (χ4n) is 2.66. The summed E-state index contributed by atoms with van der Waals surface area (Å²) in [6.07, 6.45) is 2.33. The number of carboxylic acids is 1. The highest BCUT2D eigenvalue weighted by atomic mass is 16.4. The third-order valence-corrected chi connectivity index (χ3v) is 3.74. The van der Waals surface area contributed by atoms with Gasteiger partial charge >= 0.3 is 12.0 Å². The van der Waals surface area contributed by atoms with Crippen LogP contribution in [0.25, 0.3) is 0 Å². The molecule has 1 aliphatic heterocycles. The lowest BCUT2D eigenvalue weighted by Gasteiger charge is -2.43. The van der Waals surface area contributed by atoms with Crippen molar-refractivity contribution in [3.8, 4) is 0 Å². The molecule has 3 amide bonds. The molecule has 120 valence electrons. The van der Waals surface area contributed by atoms with Crippen molar-refractivity contribution < 1.29 is 19.5 Å². The summed E-state index contributed by atoms with van der Waals surface area (Å²) >= 11 is 0. The van der Waals surface area contributed by atoms with Gasteiger partial charge in [-0.25, -0.2) is 9.59 Å². The van der Waals surface area contributed by atoms with E-state index in [1.165, 1.54) is 4.90 Å². The fraction of sp³-hybridized carbons (Fsp3) is 0.786. The van der Waals surface area contributed by atoms with E-state index in [0.717, 1.165) is 19.3 Å². The molecule has 1 fully saturated rings. The third kappa shape index (κ3) is 4.61. The Morgan fingerprint density at radius 3 is 2.52 bits per heavy atom. The van der Waals surface area contributed by atoms with Crippen molar-refractivity contribution in [3.63, 3.8) is 0 Å². The first-order valence-electron chi connectivity index (χ1n) is 7.33. The molecular formula is C14H25N3O4. The zero-order valence-electron chi connectivity index (χ0n) is 12.9. The molecule has 3 N–H and O–H groups in total. The van der Waals surface area contributed by atoms with E-state index in [1.54, 1.807) is 0 Å². The van der Waals surface area contributed by atoms with Crippen LogP contribution in [0.4, 0.5) is 4.79 Å². The summed E-state index contributed by atoms with van der Waals surface area (Å²) in [4.78, 5) is 36.4. The van der Waals surface area contributed by atoms with Gasteiger partial charge in [0.1, 0.15) is 6.04 Å². The van der Waals surface area contributed by atoms with Crippen LogP contribution in [-0.2, 0) is 9.59 Å². The van der Waals surface area contributed by atoms with Crippen LogP contribution in [0.3, 0.4) is 0 Å². The number of carboxylic acid groups (broad SMARTS) is 1. The average Bonchev–Trinajstić information content (AvgIpc) is 2.40. The van der Waals surface area contributed by atoms with Crippen molar-refractivity contribution in [2.45, 2.75) is 46.1 Å². The standard InChI is InChI=1S/C14H25N3O4/c1-4-7-15-10(18)9-16-13(21)17-8-5-6-14(2,3)11(17)12(19)20/h11H,4-9H2,1-3H3,(H,15,18)(H,16,21)(H,19,20). The van der Waals surface area contributed by atoms with Crippen molar-refractivity contribution in [1.29, 1.82) is 0 Å². The monoisotopic (exact) mass is 299 g/mol. The largest absolute Gasteiger partial charge is 0.480 e. The molecular weight excluding hydrogens is 274 g/mol. The second kappa shape index (κ2) is 7.28. The van der Waals surface area contributed by atoms with Crippen LogP contribution in [0.5, 0.6) is 0 Å². The van der Waals surface area contributed by atoms with E-state index in [1.807, 2.05) is 20.8 Å². The van der Waals surface area contributed by atoms with E-state index >= 15 is 0 Å². The van der Waals surface area contributed by atoms with Gasteiger partial charge in [-0.15, -0.1) is 0 Å². The number of carbonyl (C=O) groups excluding carboxylic acids is 2. The van der Waals surface area contributed by atoms with Gasteiger partial charge in [-0.1, -0.05) is 20.8 Å². The van der Waals surface area contributed by atoms with Crippen molar-refractivity contribution in [1.82, 2.24) is 15.5 Å². The van der Waals surface area contributed by atoms with Gasteiger partial charge in [-0.3, -0.25) is 4.79 Å². The normalized spacial score (nSPS) is 20.7. The van der Waals surface area contributed by atoms with Crippen LogP contribution in [0.15, 0.2) is 0 Å². The lowest BCUT2D eigenvalue weighted by molar-refractivity contribution is -0.148. The van der Waals surface area contributed by atoms with Crippen LogP contribution in [-0.4, -0.2) is 53.6 Å². The highest BCUT2D eigenvalue weighted by Crippen LogP contribution is 2.35. The van der Waals surface area contributed by atoms with Gasteiger partial charge in [0.2, 0.25) is 5.91 Å². The van der Waals surface area contributed by atoms with E-state index in [0.29, 0.717) is 13.1 Å². The van der Waals surface area contributed by atoms with Gasteiger partial charge in [0.15, 0.2) is 0 Å². The van der Waals surface area contributed by atoms with Crippen molar-refractivity contribution in [3.05, 3.63) is 0 Å². The Kier molecular flexibility index (Phi) is 5.99. The topological polar surface area (TPSA) is 98.7 Å². The molecule has 1 unspecified atom stereocenters. The summed E-state index contributed by atoms with van der Waals surface area (Å²) < 4.78 is 0. The Morgan fingerprint density at radius 1 is 1.29 bits per heavy atom. The first-order valence-corrected chi connectivity index (χ1v) is 7.33. The number of rotatable bonds is 5. The molecule has 7 heteroatoms. The highest BCUT2D eigenvalue weighted by Gasteiger charge is 2.44. The van der Waals surface area contributed by atoms with Crippen LogP contribution in [0.2, 0.25) is 0 Å². The lowest BCUT2D eigenvalue weighted by Crippen LogP contribution is -2.59. The smallest absolute Gasteiger partial charge is 0.327 e. The molecule has 1 aliphatic rings. The van der Waals surface area contributed by atoms with Gasteiger partial charge in [0.25, 0.3) is 0 Å². The first-order chi connectivity index (χ1) is 9.79. The Balaban J connectivity index is 2.63. The average molecular weight is 299 g/mol. The van der Waals surface area contributed by atoms with Crippen molar-refractivity contribution >= 4 is 17.9 Å². The molecule has 0 spiro atoms. The molecule has 1 saturated heterocycles. The molecule has 0 bridgehead atoms. The maximum Gasteiger partial charge on any atom is 0.327 e. The number of piperidine rings is 1. The number of likely N-dealkylation sites (tertiary alicyclic amines) is 1. The number of amides is 3. The summed E-state index contributed by atoms with van der Waals surface area (Å²) in [6, 6.07) is -1.37. The fourth-order valence-corrected chi connectivity index (χ4v) is 2.66. The molecule has 0 aliphatic carbocycles. The molecule has 21 heavy (non-hydrogen) atoms. The van der Waals surface area contributed by atoms with Crippen LogP contribution in [0, 0.1) is 5.41 Å². The molecule has 0 radical (unpaired) electrons. The Bertz CT molecular complexity index is 409. The van der Waals surface area contributed by atoms with Gasteiger partial charge in [0, 0.05) is 13.1 Å². The lowest BCUT2D eigenvalue weighted by atomic mass is 9.76. The van der Waals surface area contributed by atoms with E-state index in [9.17, 15) is 19.5 Å². The van der Waals surface area contributed by atoms with Gasteiger partial charge in [-0.2, -0.15) is 0 Å². The van der Waals surface area contributed by atoms with Crippen LogP contribution in [0.1, 0.15) is 40.0 Å². The molecule has 1 rings (SSSR count). The number of hydrogen-bond donors (Lipinski definition) is 3. The van der Waals surface area contributed by atoms with E-state index < -0.39 is 23.5 Å². The van der Waals surface area contributed by atoms with Gasteiger partial charge < -0.3 is 20.6 Å². The quantitative estimate of drug-likeness (QED) is 0.699. The van der Waals surface area contributed by atoms with Gasteiger partial charge in [-0.05, 0) is 24.7 Å². The molecule has 0 aromatic carbocycles. The minimum atomic E-state index is -1.01. The Morgan fingerprint density at radius 2 is 1.95 bits per heavy atom. The molecule has 0 aromatic heterocycles. The number of nitrogens with one attached hydrogen (secondary N) is 2. The summed E-state index contributed by atoms with van der Waals surface area (Å²) in [7, 11) is 0. The molecule has 0 saturated carbocycles. The number of carbonyl (C=O) groups is 3. The minimum Gasteiger partial charge on any atom is -0.480 e. The maximum atomic E-state index is 12.2. The SMILES string of the molecule is CCCNC(=O)CNC(=O)N1CCCC(C)(C)C1C(=O)O. The molecule has 1 atom stereocenters. The second-order valence-corrected chi connectivity index (χ2v) is 6.03. The van der Waals surface area contributed by atoms with Crippen molar-refractivity contribution in [2.24, 2.45) is 5.41 Å².